The highest BCUT2D eigenvalue weighted by Gasteiger charge is 2.28. The van der Waals surface area contributed by atoms with Crippen molar-refractivity contribution < 1.29 is 9.18 Å². The van der Waals surface area contributed by atoms with Gasteiger partial charge in [0.1, 0.15) is 11.5 Å². The maximum atomic E-state index is 13.1. The zero-order chi connectivity index (χ0) is 15.6. The van der Waals surface area contributed by atoms with E-state index in [9.17, 15) is 9.18 Å². The van der Waals surface area contributed by atoms with E-state index in [1.54, 1.807) is 24.4 Å². The van der Waals surface area contributed by atoms with E-state index in [2.05, 4.69) is 26.2 Å². The molecular formula is C16H18BrFN2O. The molecule has 0 spiro atoms. The first-order chi connectivity index (χ1) is 9.77. The third-order valence-corrected chi connectivity index (χ3v) is 3.70. The lowest BCUT2D eigenvalue weighted by molar-refractivity contribution is 0.0897. The average molecular weight is 353 g/mol. The van der Waals surface area contributed by atoms with E-state index in [1.807, 2.05) is 20.8 Å². The normalized spacial score (nSPS) is 13.0. The van der Waals surface area contributed by atoms with Crippen molar-refractivity contribution >= 4 is 21.8 Å². The fourth-order valence-corrected chi connectivity index (χ4v) is 2.51. The SMILES string of the molecule is CC(C)(C)C(NC(=O)c1cc(Br)c[nH]1)c1ccc(F)cc1. The average Bonchev–Trinajstić information content (AvgIpc) is 2.82. The first-order valence-electron chi connectivity index (χ1n) is 6.67. The number of hydrogen-bond acceptors (Lipinski definition) is 1. The summed E-state index contributed by atoms with van der Waals surface area (Å²) in [6.07, 6.45) is 1.71. The van der Waals surface area contributed by atoms with Crippen molar-refractivity contribution in [1.82, 2.24) is 10.3 Å². The summed E-state index contributed by atoms with van der Waals surface area (Å²) < 4.78 is 13.9. The molecule has 21 heavy (non-hydrogen) atoms. The number of H-pyrrole nitrogens is 1. The van der Waals surface area contributed by atoms with Crippen LogP contribution in [0.4, 0.5) is 4.39 Å². The minimum atomic E-state index is -0.286. The quantitative estimate of drug-likeness (QED) is 0.842. The summed E-state index contributed by atoms with van der Waals surface area (Å²) in [5, 5.41) is 3.01. The van der Waals surface area contributed by atoms with Crippen LogP contribution in [-0.2, 0) is 0 Å². The van der Waals surface area contributed by atoms with Gasteiger partial charge < -0.3 is 10.3 Å². The largest absolute Gasteiger partial charge is 0.356 e. The molecule has 1 atom stereocenters. The second kappa shape index (κ2) is 6.02. The van der Waals surface area contributed by atoms with Crippen LogP contribution in [-0.4, -0.2) is 10.9 Å². The molecule has 0 bridgehead atoms. The van der Waals surface area contributed by atoms with Gasteiger partial charge in [0, 0.05) is 10.7 Å². The summed E-state index contributed by atoms with van der Waals surface area (Å²) in [4.78, 5) is 15.2. The number of carbonyl (C=O) groups excluding carboxylic acids is 1. The molecule has 3 nitrogen and oxygen atoms in total. The zero-order valence-corrected chi connectivity index (χ0v) is 13.8. The second-order valence-electron chi connectivity index (χ2n) is 6.06. The van der Waals surface area contributed by atoms with E-state index < -0.39 is 0 Å². The summed E-state index contributed by atoms with van der Waals surface area (Å²) in [5.41, 5.74) is 1.17. The van der Waals surface area contributed by atoms with E-state index in [4.69, 9.17) is 0 Å². The van der Waals surface area contributed by atoms with Crippen molar-refractivity contribution in [2.24, 2.45) is 5.41 Å². The van der Waals surface area contributed by atoms with Gasteiger partial charge in [-0.25, -0.2) is 4.39 Å². The van der Waals surface area contributed by atoms with Gasteiger partial charge in [-0.3, -0.25) is 4.79 Å². The Kier molecular flexibility index (Phi) is 4.52. The number of amides is 1. The molecule has 0 saturated carbocycles. The molecule has 1 heterocycles. The van der Waals surface area contributed by atoms with E-state index in [-0.39, 0.29) is 23.2 Å². The van der Waals surface area contributed by atoms with Gasteiger partial charge in [0.2, 0.25) is 0 Å². The predicted octanol–water partition coefficient (Wildman–Crippen LogP) is 4.43. The van der Waals surface area contributed by atoms with Crippen LogP contribution in [0.25, 0.3) is 0 Å². The third kappa shape index (κ3) is 3.94. The van der Waals surface area contributed by atoms with Gasteiger partial charge in [-0.05, 0) is 45.1 Å². The number of aromatic amines is 1. The fraction of sp³-hybridized carbons (Fsp3) is 0.312. The van der Waals surface area contributed by atoms with Crippen molar-refractivity contribution in [3.05, 3.63) is 58.1 Å². The maximum absolute atomic E-state index is 13.1. The Balaban J connectivity index is 2.25. The van der Waals surface area contributed by atoms with Crippen LogP contribution in [0.5, 0.6) is 0 Å². The summed E-state index contributed by atoms with van der Waals surface area (Å²) in [7, 11) is 0. The van der Waals surface area contributed by atoms with Crippen molar-refractivity contribution in [1.29, 1.82) is 0 Å². The molecule has 2 N–H and O–H groups in total. The molecule has 0 aliphatic carbocycles. The van der Waals surface area contributed by atoms with Gasteiger partial charge in [-0.15, -0.1) is 0 Å². The molecule has 1 unspecified atom stereocenters. The number of aromatic nitrogens is 1. The fourth-order valence-electron chi connectivity index (χ4n) is 2.16. The Hall–Kier alpha value is -1.62. The maximum Gasteiger partial charge on any atom is 0.268 e. The van der Waals surface area contributed by atoms with Crippen molar-refractivity contribution in [3.8, 4) is 0 Å². The van der Waals surface area contributed by atoms with Crippen molar-refractivity contribution in [2.45, 2.75) is 26.8 Å². The number of carbonyl (C=O) groups is 1. The first-order valence-corrected chi connectivity index (χ1v) is 7.47. The number of benzene rings is 1. The standard InChI is InChI=1S/C16H18BrFN2O/c1-16(2,3)14(10-4-6-12(18)7-5-10)20-15(21)13-8-11(17)9-19-13/h4-9,14,19H,1-3H3,(H,20,21). The Morgan fingerprint density at radius 1 is 1.29 bits per heavy atom. The smallest absolute Gasteiger partial charge is 0.268 e. The molecule has 2 rings (SSSR count). The molecule has 1 aromatic heterocycles. The van der Waals surface area contributed by atoms with E-state index in [0.29, 0.717) is 5.69 Å². The predicted molar refractivity (Wildman–Crippen MR) is 84.6 cm³/mol. The molecule has 0 radical (unpaired) electrons. The van der Waals surface area contributed by atoms with Gasteiger partial charge in [0.05, 0.1) is 6.04 Å². The lowest BCUT2D eigenvalue weighted by Crippen LogP contribution is -2.36. The Labute approximate surface area is 132 Å². The first kappa shape index (κ1) is 15.8. The van der Waals surface area contributed by atoms with Crippen molar-refractivity contribution in [3.63, 3.8) is 0 Å². The monoisotopic (exact) mass is 352 g/mol. The number of hydrogen-bond donors (Lipinski definition) is 2. The van der Waals surface area contributed by atoms with Gasteiger partial charge in [-0.2, -0.15) is 0 Å². The molecule has 0 aliphatic rings. The van der Waals surface area contributed by atoms with Crippen LogP contribution in [0.1, 0.15) is 42.9 Å². The Bertz CT molecular complexity index is 628. The minimum Gasteiger partial charge on any atom is -0.356 e. The van der Waals surface area contributed by atoms with E-state index in [0.717, 1.165) is 10.0 Å². The summed E-state index contributed by atoms with van der Waals surface area (Å²) >= 11 is 3.31. The third-order valence-electron chi connectivity index (χ3n) is 3.24. The van der Waals surface area contributed by atoms with Gasteiger partial charge in [0.25, 0.3) is 5.91 Å². The van der Waals surface area contributed by atoms with Crippen LogP contribution >= 0.6 is 15.9 Å². The molecule has 0 fully saturated rings. The van der Waals surface area contributed by atoms with Crippen molar-refractivity contribution in [2.75, 3.05) is 0 Å². The summed E-state index contributed by atoms with van der Waals surface area (Å²) in [6.45, 7) is 6.10. The number of rotatable bonds is 3. The highest BCUT2D eigenvalue weighted by Crippen LogP contribution is 2.33. The van der Waals surface area contributed by atoms with Gasteiger partial charge >= 0.3 is 0 Å². The van der Waals surface area contributed by atoms with Crippen LogP contribution in [0.3, 0.4) is 0 Å². The zero-order valence-electron chi connectivity index (χ0n) is 12.2. The molecule has 2 aromatic rings. The number of nitrogens with one attached hydrogen (secondary N) is 2. The van der Waals surface area contributed by atoms with Gasteiger partial charge in [0.15, 0.2) is 0 Å². The van der Waals surface area contributed by atoms with E-state index in [1.165, 1.54) is 12.1 Å². The van der Waals surface area contributed by atoms with E-state index >= 15 is 0 Å². The lowest BCUT2D eigenvalue weighted by Gasteiger charge is -2.31. The lowest BCUT2D eigenvalue weighted by atomic mass is 9.82. The van der Waals surface area contributed by atoms with Crippen LogP contribution in [0.15, 0.2) is 41.0 Å². The highest BCUT2D eigenvalue weighted by atomic mass is 79.9. The minimum absolute atomic E-state index is 0.190. The Morgan fingerprint density at radius 2 is 1.90 bits per heavy atom. The number of halogens is 2. The van der Waals surface area contributed by atoms with Gasteiger partial charge in [-0.1, -0.05) is 32.9 Å². The molecule has 1 aromatic carbocycles. The molecule has 112 valence electrons. The molecule has 0 aliphatic heterocycles. The second-order valence-corrected chi connectivity index (χ2v) is 6.97. The highest BCUT2D eigenvalue weighted by molar-refractivity contribution is 9.10. The molecule has 5 heteroatoms. The molecule has 1 amide bonds. The Morgan fingerprint density at radius 3 is 2.38 bits per heavy atom. The van der Waals surface area contributed by atoms with Crippen LogP contribution < -0.4 is 5.32 Å². The molecular weight excluding hydrogens is 335 g/mol. The summed E-state index contributed by atoms with van der Waals surface area (Å²) in [5.74, 6) is -0.476. The summed E-state index contributed by atoms with van der Waals surface area (Å²) in [6, 6.07) is 7.73. The van der Waals surface area contributed by atoms with Crippen LogP contribution in [0, 0.1) is 11.2 Å². The van der Waals surface area contributed by atoms with Crippen LogP contribution in [0.2, 0.25) is 0 Å². The molecule has 0 saturated heterocycles. The topological polar surface area (TPSA) is 44.9 Å².